The Morgan fingerprint density at radius 1 is 1.44 bits per heavy atom. The zero-order valence-electron chi connectivity index (χ0n) is 11.0. The molecule has 18 heavy (non-hydrogen) atoms. The van der Waals surface area contributed by atoms with Gasteiger partial charge < -0.3 is 10.4 Å². The molecule has 1 fully saturated rings. The number of hydrogen-bond acceptors (Lipinski definition) is 2. The maximum absolute atomic E-state index is 10.9. The molecule has 0 aliphatic heterocycles. The third-order valence-electron chi connectivity index (χ3n) is 4.21. The van der Waals surface area contributed by atoms with Gasteiger partial charge in [0.2, 0.25) is 0 Å². The lowest BCUT2D eigenvalue weighted by Crippen LogP contribution is -2.24. The molecule has 3 heteroatoms. The molecule has 0 heterocycles. The molecule has 0 bridgehead atoms. The van der Waals surface area contributed by atoms with E-state index >= 15 is 0 Å². The Bertz CT molecular complexity index is 430. The van der Waals surface area contributed by atoms with Crippen LogP contribution in [0.4, 0.5) is 5.69 Å². The van der Waals surface area contributed by atoms with Crippen molar-refractivity contribution in [3.8, 4) is 0 Å². The summed E-state index contributed by atoms with van der Waals surface area (Å²) >= 11 is 0. The van der Waals surface area contributed by atoms with Gasteiger partial charge in [-0.25, -0.2) is 4.79 Å². The van der Waals surface area contributed by atoms with Crippen molar-refractivity contribution in [1.82, 2.24) is 0 Å². The maximum Gasteiger partial charge on any atom is 0.335 e. The van der Waals surface area contributed by atoms with Crippen molar-refractivity contribution in [3.05, 3.63) is 29.8 Å². The maximum atomic E-state index is 10.9. The number of carboxylic acid groups (broad SMARTS) is 1. The van der Waals surface area contributed by atoms with Crippen LogP contribution in [0.2, 0.25) is 0 Å². The number of nitrogens with one attached hydrogen (secondary N) is 1. The molecule has 2 rings (SSSR count). The highest BCUT2D eigenvalue weighted by atomic mass is 16.4. The molecule has 3 nitrogen and oxygen atoms in total. The molecule has 1 aliphatic rings. The summed E-state index contributed by atoms with van der Waals surface area (Å²) in [4.78, 5) is 10.9. The summed E-state index contributed by atoms with van der Waals surface area (Å²) in [7, 11) is 0. The van der Waals surface area contributed by atoms with E-state index < -0.39 is 5.97 Å². The summed E-state index contributed by atoms with van der Waals surface area (Å²) in [6, 6.07) is 7.55. The highest BCUT2D eigenvalue weighted by Gasteiger charge is 2.31. The number of hydrogen-bond donors (Lipinski definition) is 2. The van der Waals surface area contributed by atoms with Gasteiger partial charge in [0.05, 0.1) is 5.56 Å². The van der Waals surface area contributed by atoms with Crippen LogP contribution in [0.25, 0.3) is 0 Å². The third kappa shape index (κ3) is 2.66. The Morgan fingerprint density at radius 3 is 2.83 bits per heavy atom. The van der Waals surface area contributed by atoms with Gasteiger partial charge >= 0.3 is 5.97 Å². The second-order valence-electron chi connectivity index (χ2n) is 5.24. The van der Waals surface area contributed by atoms with Gasteiger partial charge in [0, 0.05) is 11.7 Å². The van der Waals surface area contributed by atoms with Crippen LogP contribution in [-0.4, -0.2) is 17.1 Å². The van der Waals surface area contributed by atoms with E-state index in [4.69, 9.17) is 5.11 Å². The van der Waals surface area contributed by atoms with E-state index in [0.29, 0.717) is 17.5 Å². The van der Waals surface area contributed by atoms with E-state index in [-0.39, 0.29) is 0 Å². The van der Waals surface area contributed by atoms with Crippen molar-refractivity contribution < 1.29 is 9.90 Å². The number of carboxylic acids is 1. The third-order valence-corrected chi connectivity index (χ3v) is 4.21. The van der Waals surface area contributed by atoms with E-state index in [1.807, 2.05) is 6.07 Å². The molecule has 3 unspecified atom stereocenters. The van der Waals surface area contributed by atoms with Gasteiger partial charge in [-0.3, -0.25) is 0 Å². The molecule has 0 spiro atoms. The number of carbonyl (C=O) groups is 1. The molecular weight excluding hydrogens is 226 g/mol. The predicted octanol–water partition coefficient (Wildman–Crippen LogP) is 3.62. The molecule has 1 saturated carbocycles. The largest absolute Gasteiger partial charge is 0.478 e. The zero-order chi connectivity index (χ0) is 13.1. The lowest BCUT2D eigenvalue weighted by atomic mass is 9.93. The summed E-state index contributed by atoms with van der Waals surface area (Å²) in [6.45, 7) is 4.54. The van der Waals surface area contributed by atoms with Crippen LogP contribution < -0.4 is 5.32 Å². The first-order chi connectivity index (χ1) is 8.61. The van der Waals surface area contributed by atoms with E-state index in [1.165, 1.54) is 19.3 Å². The van der Waals surface area contributed by atoms with Crippen molar-refractivity contribution in [1.29, 1.82) is 0 Å². The first-order valence-electron chi connectivity index (χ1n) is 6.71. The molecule has 1 aromatic rings. The van der Waals surface area contributed by atoms with Gasteiger partial charge in [0.25, 0.3) is 0 Å². The Labute approximate surface area is 108 Å². The highest BCUT2D eigenvalue weighted by molar-refractivity contribution is 5.88. The lowest BCUT2D eigenvalue weighted by molar-refractivity contribution is 0.0697. The van der Waals surface area contributed by atoms with Crippen LogP contribution >= 0.6 is 0 Å². The highest BCUT2D eigenvalue weighted by Crippen LogP contribution is 2.35. The monoisotopic (exact) mass is 247 g/mol. The SMILES string of the molecule is CCC1CCC(Nc2cccc(C(=O)O)c2)C1C. The van der Waals surface area contributed by atoms with Gasteiger partial charge in [-0.2, -0.15) is 0 Å². The minimum absolute atomic E-state index is 0.345. The minimum atomic E-state index is -0.871. The first kappa shape index (κ1) is 12.9. The van der Waals surface area contributed by atoms with Crippen molar-refractivity contribution in [3.63, 3.8) is 0 Å². The van der Waals surface area contributed by atoms with Crippen LogP contribution in [0, 0.1) is 11.8 Å². The second kappa shape index (κ2) is 5.42. The van der Waals surface area contributed by atoms with Gasteiger partial charge in [-0.15, -0.1) is 0 Å². The normalized spacial score (nSPS) is 27.1. The Hall–Kier alpha value is -1.51. The summed E-state index contributed by atoms with van der Waals surface area (Å²) < 4.78 is 0. The molecule has 0 amide bonds. The van der Waals surface area contributed by atoms with Gasteiger partial charge in [-0.05, 0) is 42.9 Å². The van der Waals surface area contributed by atoms with Crippen LogP contribution in [0.5, 0.6) is 0 Å². The lowest BCUT2D eigenvalue weighted by Gasteiger charge is -2.22. The fourth-order valence-electron chi connectivity index (χ4n) is 2.98. The summed E-state index contributed by atoms with van der Waals surface area (Å²) in [5.41, 5.74) is 1.26. The molecule has 98 valence electrons. The Morgan fingerprint density at radius 2 is 2.22 bits per heavy atom. The smallest absolute Gasteiger partial charge is 0.335 e. The zero-order valence-corrected chi connectivity index (χ0v) is 11.0. The number of rotatable bonds is 4. The second-order valence-corrected chi connectivity index (χ2v) is 5.24. The Balaban J connectivity index is 2.06. The topological polar surface area (TPSA) is 49.3 Å². The predicted molar refractivity (Wildman–Crippen MR) is 73.0 cm³/mol. The van der Waals surface area contributed by atoms with E-state index in [1.54, 1.807) is 18.2 Å². The molecule has 0 saturated heterocycles. The average Bonchev–Trinajstić information content (AvgIpc) is 2.71. The van der Waals surface area contributed by atoms with Crippen molar-refractivity contribution in [2.45, 2.75) is 39.2 Å². The van der Waals surface area contributed by atoms with Crippen LogP contribution in [0.15, 0.2) is 24.3 Å². The fourth-order valence-corrected chi connectivity index (χ4v) is 2.98. The molecule has 3 atom stereocenters. The summed E-state index contributed by atoms with van der Waals surface area (Å²) in [5, 5.41) is 12.5. The molecule has 1 aromatic carbocycles. The standard InChI is InChI=1S/C15H21NO2/c1-3-11-7-8-14(10(11)2)16-13-6-4-5-12(9-13)15(17)18/h4-6,9-11,14,16H,3,7-8H2,1-2H3,(H,17,18). The number of aromatic carboxylic acids is 1. The average molecular weight is 247 g/mol. The molecule has 2 N–H and O–H groups in total. The molecule has 0 aromatic heterocycles. The first-order valence-corrected chi connectivity index (χ1v) is 6.71. The van der Waals surface area contributed by atoms with Crippen LogP contribution in [0.3, 0.4) is 0 Å². The van der Waals surface area contributed by atoms with Gasteiger partial charge in [0.1, 0.15) is 0 Å². The van der Waals surface area contributed by atoms with Crippen molar-refractivity contribution in [2.24, 2.45) is 11.8 Å². The van der Waals surface area contributed by atoms with Gasteiger partial charge in [0.15, 0.2) is 0 Å². The van der Waals surface area contributed by atoms with Gasteiger partial charge in [-0.1, -0.05) is 26.3 Å². The van der Waals surface area contributed by atoms with E-state index in [9.17, 15) is 4.79 Å². The molecule has 1 aliphatic carbocycles. The number of benzene rings is 1. The molecular formula is C15H21NO2. The van der Waals surface area contributed by atoms with E-state index in [2.05, 4.69) is 19.2 Å². The van der Waals surface area contributed by atoms with E-state index in [0.717, 1.165) is 11.6 Å². The Kier molecular flexibility index (Phi) is 3.90. The summed E-state index contributed by atoms with van der Waals surface area (Å²) in [6.07, 6.45) is 3.68. The fraction of sp³-hybridized carbons (Fsp3) is 0.533. The minimum Gasteiger partial charge on any atom is -0.478 e. The van der Waals surface area contributed by atoms with Crippen LogP contribution in [0.1, 0.15) is 43.5 Å². The van der Waals surface area contributed by atoms with Crippen LogP contribution in [-0.2, 0) is 0 Å². The summed E-state index contributed by atoms with van der Waals surface area (Å²) in [5.74, 6) is 0.582. The molecule has 0 radical (unpaired) electrons. The number of anilines is 1. The quantitative estimate of drug-likeness (QED) is 0.854. The van der Waals surface area contributed by atoms with Crippen molar-refractivity contribution >= 4 is 11.7 Å². The van der Waals surface area contributed by atoms with Crippen molar-refractivity contribution in [2.75, 3.05) is 5.32 Å².